The molecule has 0 bridgehead atoms. The average molecular weight is 369 g/mol. The van der Waals surface area contributed by atoms with E-state index < -0.39 is 0 Å². The predicted molar refractivity (Wildman–Crippen MR) is 101 cm³/mol. The van der Waals surface area contributed by atoms with Crippen molar-refractivity contribution >= 4 is 32.8 Å². The molecule has 1 saturated heterocycles. The molecule has 4 rings (SSSR count). The lowest BCUT2D eigenvalue weighted by atomic mass is 9.99. The van der Waals surface area contributed by atoms with E-state index in [1.165, 1.54) is 30.3 Å². The Morgan fingerprint density at radius 3 is 3.00 bits per heavy atom. The van der Waals surface area contributed by atoms with Crippen LogP contribution in [0.4, 0.5) is 9.93 Å². The smallest absolute Gasteiger partial charge is 0.323 e. The minimum atomic E-state index is -0.119. The van der Waals surface area contributed by atoms with E-state index in [-0.39, 0.29) is 6.03 Å². The molecule has 0 spiro atoms. The summed E-state index contributed by atoms with van der Waals surface area (Å²) in [4.78, 5) is 27.7. The van der Waals surface area contributed by atoms with Gasteiger partial charge in [0.2, 0.25) is 5.88 Å². The number of rotatable bonds is 4. The van der Waals surface area contributed by atoms with Gasteiger partial charge in [-0.15, -0.1) is 0 Å². The molecule has 3 aromatic rings. The normalized spacial score (nSPS) is 16.8. The summed E-state index contributed by atoms with van der Waals surface area (Å²) in [5.41, 5.74) is 1.88. The topological polar surface area (TPSA) is 80.2 Å². The SMILES string of the molecule is COc1ncnc2sc(NC(=O)N3CCC(Cc4ccccc4)C3)nc12. The van der Waals surface area contributed by atoms with Gasteiger partial charge in [-0.3, -0.25) is 5.32 Å². The van der Waals surface area contributed by atoms with Gasteiger partial charge in [-0.1, -0.05) is 41.7 Å². The Bertz CT molecular complexity index is 914. The van der Waals surface area contributed by atoms with E-state index in [1.54, 1.807) is 0 Å². The molecule has 1 unspecified atom stereocenters. The third kappa shape index (κ3) is 3.45. The van der Waals surface area contributed by atoms with Crippen molar-refractivity contribution in [3.63, 3.8) is 0 Å². The summed E-state index contributed by atoms with van der Waals surface area (Å²) in [6.45, 7) is 1.52. The Morgan fingerprint density at radius 1 is 1.35 bits per heavy atom. The molecule has 26 heavy (non-hydrogen) atoms. The van der Waals surface area contributed by atoms with Crippen LogP contribution in [0, 0.1) is 5.92 Å². The highest BCUT2D eigenvalue weighted by Gasteiger charge is 2.27. The molecule has 3 heterocycles. The molecule has 1 N–H and O–H groups in total. The van der Waals surface area contributed by atoms with Gasteiger partial charge in [-0.25, -0.2) is 14.8 Å². The Hall–Kier alpha value is -2.74. The van der Waals surface area contributed by atoms with Crippen molar-refractivity contribution in [2.45, 2.75) is 12.8 Å². The van der Waals surface area contributed by atoms with Crippen LogP contribution in [-0.4, -0.2) is 46.1 Å². The lowest BCUT2D eigenvalue weighted by Crippen LogP contribution is -2.33. The van der Waals surface area contributed by atoms with Crippen molar-refractivity contribution < 1.29 is 9.53 Å². The maximum Gasteiger partial charge on any atom is 0.323 e. The Balaban J connectivity index is 1.39. The molecule has 1 aliphatic rings. The molecule has 2 amide bonds. The number of likely N-dealkylation sites (tertiary alicyclic amines) is 1. The number of urea groups is 1. The first-order chi connectivity index (χ1) is 12.7. The average Bonchev–Trinajstić information content (AvgIpc) is 3.28. The van der Waals surface area contributed by atoms with E-state index >= 15 is 0 Å². The van der Waals surface area contributed by atoms with Crippen LogP contribution >= 0.6 is 11.3 Å². The van der Waals surface area contributed by atoms with Gasteiger partial charge < -0.3 is 9.64 Å². The summed E-state index contributed by atoms with van der Waals surface area (Å²) in [6, 6.07) is 10.3. The second kappa shape index (κ2) is 7.25. The largest absolute Gasteiger partial charge is 0.479 e. The minimum Gasteiger partial charge on any atom is -0.479 e. The first kappa shape index (κ1) is 16.7. The van der Waals surface area contributed by atoms with Crippen LogP contribution in [0.1, 0.15) is 12.0 Å². The summed E-state index contributed by atoms with van der Waals surface area (Å²) in [5.74, 6) is 0.903. The summed E-state index contributed by atoms with van der Waals surface area (Å²) in [5, 5.41) is 3.39. The van der Waals surface area contributed by atoms with Crippen molar-refractivity contribution in [3.8, 4) is 5.88 Å². The van der Waals surface area contributed by atoms with Crippen molar-refractivity contribution in [3.05, 3.63) is 42.2 Å². The van der Waals surface area contributed by atoms with Crippen LogP contribution in [0.5, 0.6) is 5.88 Å². The molecule has 0 saturated carbocycles. The summed E-state index contributed by atoms with van der Waals surface area (Å²) in [6.07, 6.45) is 3.44. The Kier molecular flexibility index (Phi) is 4.66. The standard InChI is InChI=1S/C18H19N5O2S/c1-25-15-14-16(20-11-19-15)26-17(21-14)22-18(24)23-8-7-13(10-23)9-12-5-3-2-4-6-12/h2-6,11,13H,7-10H2,1H3,(H,21,22,24). The van der Waals surface area contributed by atoms with E-state index in [0.717, 1.165) is 25.9 Å². The zero-order chi connectivity index (χ0) is 17.9. The fourth-order valence-corrected chi connectivity index (χ4v) is 4.03. The van der Waals surface area contributed by atoms with Crippen LogP contribution in [0.3, 0.4) is 0 Å². The molecule has 1 aliphatic heterocycles. The molecule has 2 aromatic heterocycles. The van der Waals surface area contributed by atoms with Crippen LogP contribution < -0.4 is 10.1 Å². The molecular formula is C18H19N5O2S. The second-order valence-electron chi connectivity index (χ2n) is 6.28. The van der Waals surface area contributed by atoms with Gasteiger partial charge in [0.1, 0.15) is 6.33 Å². The molecule has 7 nitrogen and oxygen atoms in total. The minimum absolute atomic E-state index is 0.119. The number of carbonyl (C=O) groups is 1. The Morgan fingerprint density at radius 2 is 2.19 bits per heavy atom. The molecular weight excluding hydrogens is 350 g/mol. The van der Waals surface area contributed by atoms with E-state index in [0.29, 0.717) is 27.3 Å². The number of nitrogens with one attached hydrogen (secondary N) is 1. The molecule has 1 aromatic carbocycles. The first-order valence-electron chi connectivity index (χ1n) is 8.48. The predicted octanol–water partition coefficient (Wildman–Crippen LogP) is 3.19. The van der Waals surface area contributed by atoms with Crippen LogP contribution in [0.2, 0.25) is 0 Å². The van der Waals surface area contributed by atoms with Crippen molar-refractivity contribution in [1.29, 1.82) is 0 Å². The molecule has 8 heteroatoms. The summed E-state index contributed by atoms with van der Waals surface area (Å²) in [7, 11) is 1.54. The monoisotopic (exact) mass is 369 g/mol. The number of hydrogen-bond donors (Lipinski definition) is 1. The number of fused-ring (bicyclic) bond motifs is 1. The summed E-state index contributed by atoms with van der Waals surface area (Å²) >= 11 is 1.32. The highest BCUT2D eigenvalue weighted by atomic mass is 32.1. The third-order valence-corrected chi connectivity index (χ3v) is 5.39. The van der Waals surface area contributed by atoms with Crippen molar-refractivity contribution in [2.75, 3.05) is 25.5 Å². The number of ether oxygens (including phenoxy) is 1. The number of aromatic nitrogens is 3. The van der Waals surface area contributed by atoms with Gasteiger partial charge in [0.15, 0.2) is 15.5 Å². The highest BCUT2D eigenvalue weighted by Crippen LogP contribution is 2.29. The molecule has 1 atom stereocenters. The van der Waals surface area contributed by atoms with Crippen LogP contribution in [0.15, 0.2) is 36.7 Å². The quantitative estimate of drug-likeness (QED) is 0.764. The molecule has 0 aliphatic carbocycles. The number of carbonyl (C=O) groups excluding carboxylic acids is 1. The number of benzene rings is 1. The maximum absolute atomic E-state index is 12.6. The van der Waals surface area contributed by atoms with Gasteiger partial charge in [0, 0.05) is 13.1 Å². The highest BCUT2D eigenvalue weighted by molar-refractivity contribution is 7.22. The first-order valence-corrected chi connectivity index (χ1v) is 9.30. The molecule has 1 fully saturated rings. The fraction of sp³-hybridized carbons (Fsp3) is 0.333. The molecule has 0 radical (unpaired) electrons. The number of anilines is 1. The third-order valence-electron chi connectivity index (χ3n) is 4.51. The second-order valence-corrected chi connectivity index (χ2v) is 7.25. The number of amides is 2. The van der Waals surface area contributed by atoms with Gasteiger partial charge >= 0.3 is 6.03 Å². The van der Waals surface area contributed by atoms with E-state index in [9.17, 15) is 4.79 Å². The van der Waals surface area contributed by atoms with E-state index in [1.807, 2.05) is 11.0 Å². The van der Waals surface area contributed by atoms with Crippen molar-refractivity contribution in [2.24, 2.45) is 5.92 Å². The zero-order valence-corrected chi connectivity index (χ0v) is 15.2. The number of methoxy groups -OCH3 is 1. The van der Waals surface area contributed by atoms with Gasteiger partial charge in [0.05, 0.1) is 7.11 Å². The number of nitrogens with zero attached hydrogens (tertiary/aromatic N) is 4. The van der Waals surface area contributed by atoms with Crippen molar-refractivity contribution in [1.82, 2.24) is 19.9 Å². The van der Waals surface area contributed by atoms with Crippen LogP contribution in [0.25, 0.3) is 10.3 Å². The van der Waals surface area contributed by atoms with Gasteiger partial charge in [-0.05, 0) is 24.3 Å². The summed E-state index contributed by atoms with van der Waals surface area (Å²) < 4.78 is 5.19. The fourth-order valence-electron chi connectivity index (χ4n) is 3.24. The zero-order valence-electron chi connectivity index (χ0n) is 14.4. The molecule has 134 valence electrons. The van der Waals surface area contributed by atoms with E-state index in [4.69, 9.17) is 4.74 Å². The lowest BCUT2D eigenvalue weighted by Gasteiger charge is -2.16. The van der Waals surface area contributed by atoms with Crippen LogP contribution in [-0.2, 0) is 6.42 Å². The lowest BCUT2D eigenvalue weighted by molar-refractivity contribution is 0.221. The maximum atomic E-state index is 12.6. The van der Waals surface area contributed by atoms with Gasteiger partial charge in [0.25, 0.3) is 0 Å². The number of thiazole rings is 1. The number of hydrogen-bond acceptors (Lipinski definition) is 6. The Labute approximate surface area is 155 Å². The van der Waals surface area contributed by atoms with E-state index in [2.05, 4.69) is 44.5 Å². The van der Waals surface area contributed by atoms with Gasteiger partial charge in [-0.2, -0.15) is 4.98 Å².